The van der Waals surface area contributed by atoms with Gasteiger partial charge < -0.3 is 0 Å². The first-order chi connectivity index (χ1) is 7.09. The summed E-state index contributed by atoms with van der Waals surface area (Å²) < 4.78 is 25.7. The molecule has 0 radical (unpaired) electrons. The second-order valence-electron chi connectivity index (χ2n) is 4.30. The second kappa shape index (κ2) is 3.87. The lowest BCUT2D eigenvalue weighted by Crippen LogP contribution is -2.27. The maximum atomic E-state index is 12.9. The van der Waals surface area contributed by atoms with Crippen molar-refractivity contribution < 1.29 is 13.6 Å². The van der Waals surface area contributed by atoms with Crippen LogP contribution in [0.5, 0.6) is 0 Å². The van der Waals surface area contributed by atoms with Crippen LogP contribution in [-0.4, -0.2) is 11.7 Å². The lowest BCUT2D eigenvalue weighted by atomic mass is 9.81. The van der Waals surface area contributed by atoms with Crippen molar-refractivity contribution in [2.75, 3.05) is 0 Å². The molecule has 2 aliphatic carbocycles. The zero-order chi connectivity index (χ0) is 10.9. The highest BCUT2D eigenvalue weighted by Gasteiger charge is 2.37. The van der Waals surface area contributed by atoms with Gasteiger partial charge in [-0.15, -0.1) is 0 Å². The van der Waals surface area contributed by atoms with Crippen molar-refractivity contribution >= 4 is 5.78 Å². The van der Waals surface area contributed by atoms with Crippen LogP contribution in [-0.2, 0) is 4.79 Å². The van der Waals surface area contributed by atoms with Crippen LogP contribution in [0.2, 0.25) is 0 Å². The van der Waals surface area contributed by atoms with Crippen molar-refractivity contribution in [2.45, 2.75) is 38.0 Å². The van der Waals surface area contributed by atoms with Crippen LogP contribution >= 0.6 is 0 Å². The summed E-state index contributed by atoms with van der Waals surface area (Å²) in [7, 11) is 0. The van der Waals surface area contributed by atoms with Crippen molar-refractivity contribution in [1.82, 2.24) is 0 Å². The van der Waals surface area contributed by atoms with Crippen LogP contribution in [0.1, 0.15) is 32.1 Å². The first-order valence-electron chi connectivity index (χ1n) is 5.43. The van der Waals surface area contributed by atoms with Gasteiger partial charge in [0.05, 0.1) is 0 Å². The summed E-state index contributed by atoms with van der Waals surface area (Å²) in [5, 5.41) is 0. The van der Waals surface area contributed by atoms with Crippen LogP contribution in [0.4, 0.5) is 8.78 Å². The summed E-state index contributed by atoms with van der Waals surface area (Å²) in [6.07, 6.45) is 8.84. The molecule has 1 saturated carbocycles. The largest absolute Gasteiger partial charge is 0.327 e. The van der Waals surface area contributed by atoms with Gasteiger partial charge in [0.2, 0.25) is 5.78 Å². The molecule has 0 aliphatic heterocycles. The summed E-state index contributed by atoms with van der Waals surface area (Å²) in [4.78, 5) is 11.1. The average Bonchev–Trinajstić information content (AvgIpc) is 2.23. The van der Waals surface area contributed by atoms with E-state index in [-0.39, 0.29) is 0 Å². The zero-order valence-corrected chi connectivity index (χ0v) is 8.51. The number of carbonyl (C=O) groups is 1. The maximum Gasteiger partial charge on any atom is 0.327 e. The minimum absolute atomic E-state index is 0.315. The molecule has 0 spiro atoms. The third-order valence-electron chi connectivity index (χ3n) is 3.19. The van der Waals surface area contributed by atoms with E-state index in [0.29, 0.717) is 5.92 Å². The van der Waals surface area contributed by atoms with Gasteiger partial charge in [0.1, 0.15) is 0 Å². The van der Waals surface area contributed by atoms with E-state index in [0.717, 1.165) is 43.4 Å². The van der Waals surface area contributed by atoms with Crippen molar-refractivity contribution in [3.05, 3.63) is 23.8 Å². The van der Waals surface area contributed by atoms with Gasteiger partial charge in [0.15, 0.2) is 0 Å². The Kier molecular flexibility index (Phi) is 2.72. The molecule has 15 heavy (non-hydrogen) atoms. The summed E-state index contributed by atoms with van der Waals surface area (Å²) in [5.74, 6) is -4.03. The summed E-state index contributed by atoms with van der Waals surface area (Å²) >= 11 is 0. The van der Waals surface area contributed by atoms with Crippen LogP contribution in [0.15, 0.2) is 23.8 Å². The number of hydrogen-bond donors (Lipinski definition) is 0. The van der Waals surface area contributed by atoms with Crippen LogP contribution in [0.3, 0.4) is 0 Å². The second-order valence-corrected chi connectivity index (χ2v) is 4.30. The van der Waals surface area contributed by atoms with Crippen LogP contribution < -0.4 is 0 Å². The van der Waals surface area contributed by atoms with Gasteiger partial charge in [0.25, 0.3) is 0 Å². The Morgan fingerprint density at radius 1 is 1.20 bits per heavy atom. The molecule has 3 heteroatoms. The predicted octanol–water partition coefficient (Wildman–Crippen LogP) is 3.27. The number of allylic oxidation sites excluding steroid dienone is 4. The number of halogens is 2. The fourth-order valence-corrected chi connectivity index (χ4v) is 2.27. The lowest BCUT2D eigenvalue weighted by molar-refractivity contribution is -0.132. The van der Waals surface area contributed by atoms with Crippen molar-refractivity contribution in [2.24, 2.45) is 5.92 Å². The van der Waals surface area contributed by atoms with Gasteiger partial charge in [0, 0.05) is 0 Å². The molecule has 2 rings (SSSR count). The molecule has 0 bridgehead atoms. The van der Waals surface area contributed by atoms with Gasteiger partial charge in [-0.25, -0.2) is 0 Å². The molecule has 1 fully saturated rings. The maximum absolute atomic E-state index is 12.9. The smallest absolute Gasteiger partial charge is 0.288 e. The lowest BCUT2D eigenvalue weighted by Gasteiger charge is -2.25. The van der Waals surface area contributed by atoms with Gasteiger partial charge in [-0.1, -0.05) is 25.3 Å². The molecule has 0 amide bonds. The number of hydrogen-bond acceptors (Lipinski definition) is 1. The minimum Gasteiger partial charge on any atom is -0.288 e. The predicted molar refractivity (Wildman–Crippen MR) is 53.8 cm³/mol. The van der Waals surface area contributed by atoms with E-state index in [9.17, 15) is 13.6 Å². The molecule has 0 heterocycles. The first kappa shape index (κ1) is 10.5. The molecule has 0 aromatic carbocycles. The highest BCUT2D eigenvalue weighted by molar-refractivity contribution is 5.99. The van der Waals surface area contributed by atoms with E-state index < -0.39 is 11.7 Å². The topological polar surface area (TPSA) is 17.1 Å². The van der Waals surface area contributed by atoms with E-state index in [1.54, 1.807) is 0 Å². The van der Waals surface area contributed by atoms with Gasteiger partial charge in [-0.05, 0) is 36.5 Å². The van der Waals surface area contributed by atoms with Crippen molar-refractivity contribution in [1.29, 1.82) is 0 Å². The molecule has 1 nitrogen and oxygen atoms in total. The zero-order valence-electron chi connectivity index (χ0n) is 8.51. The molecule has 0 atom stereocenters. The highest BCUT2D eigenvalue weighted by atomic mass is 19.3. The highest BCUT2D eigenvalue weighted by Crippen LogP contribution is 2.34. The molecular weight excluding hydrogens is 198 g/mol. The quantitative estimate of drug-likeness (QED) is 0.652. The SMILES string of the molecule is O=C1C=C(C2CCCCC2)C=CC1(F)F. The normalized spacial score (nSPS) is 26.5. The molecule has 0 aromatic heterocycles. The van der Waals surface area contributed by atoms with Gasteiger partial charge in [-0.2, -0.15) is 8.78 Å². The minimum atomic E-state index is -3.28. The van der Waals surface area contributed by atoms with E-state index in [2.05, 4.69) is 0 Å². The molecule has 0 aromatic rings. The van der Waals surface area contributed by atoms with Crippen molar-refractivity contribution in [3.8, 4) is 0 Å². The Bertz CT molecular complexity index is 323. The Balaban J connectivity index is 2.12. The third-order valence-corrected chi connectivity index (χ3v) is 3.19. The van der Waals surface area contributed by atoms with Crippen molar-refractivity contribution in [3.63, 3.8) is 0 Å². The monoisotopic (exact) mass is 212 g/mol. The van der Waals surface area contributed by atoms with Gasteiger partial charge >= 0.3 is 5.92 Å². The average molecular weight is 212 g/mol. The summed E-state index contributed by atoms with van der Waals surface area (Å²) in [5.41, 5.74) is 0.797. The fraction of sp³-hybridized carbons (Fsp3) is 0.583. The number of carbonyl (C=O) groups excluding carboxylic acids is 1. The Morgan fingerprint density at radius 3 is 2.47 bits per heavy atom. The Morgan fingerprint density at radius 2 is 1.87 bits per heavy atom. The molecule has 0 unspecified atom stereocenters. The van der Waals surface area contributed by atoms with E-state index in [4.69, 9.17) is 0 Å². The Hall–Kier alpha value is -0.990. The third kappa shape index (κ3) is 2.16. The summed E-state index contributed by atoms with van der Waals surface area (Å²) in [6, 6.07) is 0. The molecule has 0 saturated heterocycles. The first-order valence-corrected chi connectivity index (χ1v) is 5.43. The molecular formula is C12H14F2O. The standard InChI is InChI=1S/C12H14F2O/c13-12(14)7-6-10(8-11(12)15)9-4-2-1-3-5-9/h6-9H,1-5H2. The van der Waals surface area contributed by atoms with Crippen LogP contribution in [0, 0.1) is 5.92 Å². The molecule has 0 N–H and O–H groups in total. The molecule has 2 aliphatic rings. The van der Waals surface area contributed by atoms with E-state index in [1.807, 2.05) is 0 Å². The number of rotatable bonds is 1. The van der Waals surface area contributed by atoms with Gasteiger partial charge in [-0.3, -0.25) is 4.79 Å². The van der Waals surface area contributed by atoms with Crippen LogP contribution in [0.25, 0.3) is 0 Å². The van der Waals surface area contributed by atoms with E-state index >= 15 is 0 Å². The number of ketones is 1. The van der Waals surface area contributed by atoms with E-state index in [1.165, 1.54) is 12.5 Å². The Labute approximate surface area is 87.9 Å². The number of alkyl halides is 2. The fourth-order valence-electron chi connectivity index (χ4n) is 2.27. The summed E-state index contributed by atoms with van der Waals surface area (Å²) in [6.45, 7) is 0. The molecule has 82 valence electrons.